The average Bonchev–Trinajstić information content (AvgIpc) is 2.71. The van der Waals surface area contributed by atoms with Crippen molar-refractivity contribution in [3.05, 3.63) is 95.0 Å². The van der Waals surface area contributed by atoms with Crippen LogP contribution < -0.4 is 15.4 Å². The van der Waals surface area contributed by atoms with Gasteiger partial charge in [-0.05, 0) is 42.0 Å². The second kappa shape index (κ2) is 9.88. The van der Waals surface area contributed by atoms with Gasteiger partial charge in [0.2, 0.25) is 0 Å². The summed E-state index contributed by atoms with van der Waals surface area (Å²) in [6.07, 6.45) is 0.753. The molecule has 0 radical (unpaired) electrons. The number of halogens is 1. The first-order valence-corrected chi connectivity index (χ1v) is 9.55. The number of carbonyl (C=O) groups is 1. The number of benzene rings is 3. The summed E-state index contributed by atoms with van der Waals surface area (Å²) in [5.41, 5.74) is 2.22. The standard InChI is InChI=1S/C22H19ClN2O2S/c23-18-11-5-6-12-19(18)24-22(28)25-21(26)17-10-4-7-13-20(17)27-15-14-16-8-2-1-3-9-16/h1-13H,14-15H2,(H2,24,25,26,28). The SMILES string of the molecule is O=C(NC(=S)Nc1ccccc1Cl)c1ccccc1OCCc1ccccc1. The molecule has 4 nitrogen and oxygen atoms in total. The van der Waals surface area contributed by atoms with E-state index in [2.05, 4.69) is 10.6 Å². The summed E-state index contributed by atoms with van der Waals surface area (Å²) >= 11 is 11.3. The van der Waals surface area contributed by atoms with Gasteiger partial charge in [0.05, 0.1) is 22.9 Å². The molecule has 0 unspecified atom stereocenters. The van der Waals surface area contributed by atoms with Gasteiger partial charge in [-0.15, -0.1) is 0 Å². The third-order valence-corrected chi connectivity index (χ3v) is 4.51. The lowest BCUT2D eigenvalue weighted by atomic mass is 10.1. The molecule has 0 heterocycles. The first kappa shape index (κ1) is 19.9. The number of anilines is 1. The first-order chi connectivity index (χ1) is 13.6. The molecule has 0 aliphatic rings. The van der Waals surface area contributed by atoms with Crippen LogP contribution >= 0.6 is 23.8 Å². The zero-order valence-electron chi connectivity index (χ0n) is 15.0. The summed E-state index contributed by atoms with van der Waals surface area (Å²) in [4.78, 5) is 12.6. The van der Waals surface area contributed by atoms with Gasteiger partial charge in [-0.25, -0.2) is 0 Å². The Bertz CT molecular complexity index is 964. The number of nitrogens with one attached hydrogen (secondary N) is 2. The quantitative estimate of drug-likeness (QED) is 0.556. The second-order valence-electron chi connectivity index (χ2n) is 5.97. The van der Waals surface area contributed by atoms with Crippen LogP contribution in [0.5, 0.6) is 5.75 Å². The molecule has 28 heavy (non-hydrogen) atoms. The van der Waals surface area contributed by atoms with Gasteiger partial charge in [0.25, 0.3) is 5.91 Å². The lowest BCUT2D eigenvalue weighted by Gasteiger charge is -2.13. The third kappa shape index (κ3) is 5.55. The molecule has 2 N–H and O–H groups in total. The lowest BCUT2D eigenvalue weighted by Crippen LogP contribution is -2.34. The number of ether oxygens (including phenoxy) is 1. The molecule has 0 atom stereocenters. The predicted octanol–water partition coefficient (Wildman–Crippen LogP) is 5.09. The summed E-state index contributed by atoms with van der Waals surface area (Å²) in [5, 5.41) is 6.27. The van der Waals surface area contributed by atoms with Gasteiger partial charge >= 0.3 is 0 Å². The van der Waals surface area contributed by atoms with Gasteiger partial charge < -0.3 is 10.1 Å². The van der Waals surface area contributed by atoms with Crippen LogP contribution in [0, 0.1) is 0 Å². The largest absolute Gasteiger partial charge is 0.492 e. The molecule has 3 aromatic rings. The Morgan fingerprint density at radius 3 is 2.39 bits per heavy atom. The molecule has 0 saturated carbocycles. The fourth-order valence-electron chi connectivity index (χ4n) is 2.59. The fraction of sp³-hybridized carbons (Fsp3) is 0.0909. The van der Waals surface area contributed by atoms with Gasteiger partial charge in [-0.1, -0.05) is 66.2 Å². The van der Waals surface area contributed by atoms with E-state index >= 15 is 0 Å². The minimum absolute atomic E-state index is 0.164. The van der Waals surface area contributed by atoms with Crippen molar-refractivity contribution in [3.63, 3.8) is 0 Å². The average molecular weight is 411 g/mol. The van der Waals surface area contributed by atoms with Crippen LogP contribution in [-0.2, 0) is 6.42 Å². The van der Waals surface area contributed by atoms with Crippen LogP contribution in [0.2, 0.25) is 5.02 Å². The van der Waals surface area contributed by atoms with E-state index in [-0.39, 0.29) is 11.0 Å². The molecule has 0 aromatic heterocycles. The molecule has 142 valence electrons. The number of hydrogen-bond acceptors (Lipinski definition) is 3. The van der Waals surface area contributed by atoms with Crippen LogP contribution in [0.3, 0.4) is 0 Å². The summed E-state index contributed by atoms with van der Waals surface area (Å²) in [5.74, 6) is 0.163. The van der Waals surface area contributed by atoms with Crippen molar-refractivity contribution in [2.24, 2.45) is 0 Å². The number of amides is 1. The second-order valence-corrected chi connectivity index (χ2v) is 6.78. The van der Waals surface area contributed by atoms with Crippen LogP contribution in [0.1, 0.15) is 15.9 Å². The Morgan fingerprint density at radius 1 is 0.929 bits per heavy atom. The lowest BCUT2D eigenvalue weighted by molar-refractivity contribution is 0.0974. The maximum Gasteiger partial charge on any atom is 0.261 e. The van der Waals surface area contributed by atoms with Crippen LogP contribution in [0.15, 0.2) is 78.9 Å². The predicted molar refractivity (Wildman–Crippen MR) is 117 cm³/mol. The van der Waals surface area contributed by atoms with Gasteiger partial charge in [0.15, 0.2) is 5.11 Å². The molecule has 1 amide bonds. The summed E-state index contributed by atoms with van der Waals surface area (Å²) in [6.45, 7) is 0.469. The third-order valence-electron chi connectivity index (χ3n) is 3.97. The molecule has 3 aromatic carbocycles. The van der Waals surface area contributed by atoms with E-state index in [1.165, 1.54) is 5.56 Å². The molecule has 0 spiro atoms. The van der Waals surface area contributed by atoms with Crippen LogP contribution in [0.25, 0.3) is 0 Å². The zero-order valence-corrected chi connectivity index (χ0v) is 16.6. The van der Waals surface area contributed by atoms with Gasteiger partial charge in [-0.2, -0.15) is 0 Å². The molecule has 6 heteroatoms. The van der Waals surface area contributed by atoms with Crippen molar-refractivity contribution in [1.82, 2.24) is 5.32 Å². The van der Waals surface area contributed by atoms with E-state index in [4.69, 9.17) is 28.6 Å². The summed E-state index contributed by atoms with van der Waals surface area (Å²) < 4.78 is 5.84. The van der Waals surface area contributed by atoms with E-state index in [1.54, 1.807) is 30.3 Å². The van der Waals surface area contributed by atoms with Gasteiger partial charge in [0.1, 0.15) is 5.75 Å². The van der Waals surface area contributed by atoms with Crippen LogP contribution in [0.4, 0.5) is 5.69 Å². The highest BCUT2D eigenvalue weighted by Gasteiger charge is 2.14. The maximum absolute atomic E-state index is 12.6. The van der Waals surface area contributed by atoms with Crippen LogP contribution in [-0.4, -0.2) is 17.6 Å². The van der Waals surface area contributed by atoms with E-state index in [0.717, 1.165) is 6.42 Å². The number of para-hydroxylation sites is 2. The van der Waals surface area contributed by atoms with E-state index < -0.39 is 0 Å². The van der Waals surface area contributed by atoms with Crippen molar-refractivity contribution in [1.29, 1.82) is 0 Å². The summed E-state index contributed by atoms with van der Waals surface area (Å²) in [7, 11) is 0. The Morgan fingerprint density at radius 2 is 1.61 bits per heavy atom. The molecular formula is C22H19ClN2O2S. The Labute approximate surface area is 174 Å². The highest BCUT2D eigenvalue weighted by atomic mass is 35.5. The monoisotopic (exact) mass is 410 g/mol. The molecule has 0 aliphatic carbocycles. The normalized spacial score (nSPS) is 10.2. The van der Waals surface area contributed by atoms with Crippen molar-refractivity contribution in [3.8, 4) is 5.75 Å². The topological polar surface area (TPSA) is 50.4 Å². The van der Waals surface area contributed by atoms with Crippen molar-refractivity contribution >= 4 is 40.5 Å². The Balaban J connectivity index is 1.60. The zero-order chi connectivity index (χ0) is 19.8. The molecule has 3 rings (SSSR count). The van der Waals surface area contributed by atoms with Gasteiger partial charge in [-0.3, -0.25) is 10.1 Å². The number of thiocarbonyl (C=S) groups is 1. The minimum Gasteiger partial charge on any atom is -0.492 e. The minimum atomic E-state index is -0.347. The fourth-order valence-corrected chi connectivity index (χ4v) is 2.98. The molecular weight excluding hydrogens is 392 g/mol. The number of carbonyl (C=O) groups excluding carboxylic acids is 1. The molecule has 0 fully saturated rings. The summed E-state index contributed by atoms with van der Waals surface area (Å²) in [6, 6.07) is 24.3. The molecule has 0 bridgehead atoms. The van der Waals surface area contributed by atoms with Crippen molar-refractivity contribution < 1.29 is 9.53 Å². The van der Waals surface area contributed by atoms with Crippen molar-refractivity contribution in [2.75, 3.05) is 11.9 Å². The number of hydrogen-bond donors (Lipinski definition) is 2. The molecule has 0 aliphatic heterocycles. The Hall–Kier alpha value is -2.89. The molecule has 0 saturated heterocycles. The maximum atomic E-state index is 12.6. The first-order valence-electron chi connectivity index (χ1n) is 8.76. The van der Waals surface area contributed by atoms with E-state index in [0.29, 0.717) is 28.6 Å². The van der Waals surface area contributed by atoms with E-state index in [1.807, 2.05) is 48.5 Å². The Kier molecular flexibility index (Phi) is 7.00. The highest BCUT2D eigenvalue weighted by Crippen LogP contribution is 2.21. The number of rotatable bonds is 6. The van der Waals surface area contributed by atoms with Crippen molar-refractivity contribution in [2.45, 2.75) is 6.42 Å². The highest BCUT2D eigenvalue weighted by molar-refractivity contribution is 7.80. The van der Waals surface area contributed by atoms with Gasteiger partial charge in [0, 0.05) is 6.42 Å². The smallest absolute Gasteiger partial charge is 0.261 e. The van der Waals surface area contributed by atoms with E-state index in [9.17, 15) is 4.79 Å².